The molecule has 2 aliphatic rings. The van der Waals surface area contributed by atoms with Gasteiger partial charge in [0.05, 0.1) is 0 Å². The molecule has 2 aromatic heterocycles. The minimum Gasteiger partial charge on any atom is -0.453 e. The van der Waals surface area contributed by atoms with Crippen molar-refractivity contribution < 1.29 is 33.2 Å². The van der Waals surface area contributed by atoms with Gasteiger partial charge in [-0.05, 0) is 12.5 Å². The van der Waals surface area contributed by atoms with Gasteiger partial charge < -0.3 is 29.8 Å². The summed E-state index contributed by atoms with van der Waals surface area (Å²) >= 11 is 2.36. The van der Waals surface area contributed by atoms with E-state index in [0.717, 1.165) is 11.3 Å². The van der Waals surface area contributed by atoms with Crippen LogP contribution in [0.4, 0.5) is 5.13 Å². The predicted molar refractivity (Wildman–Crippen MR) is 119 cm³/mol. The van der Waals surface area contributed by atoms with E-state index in [2.05, 4.69) is 22.0 Å². The van der Waals surface area contributed by atoms with Crippen LogP contribution in [-0.2, 0) is 25.7 Å². The van der Waals surface area contributed by atoms with Crippen LogP contribution in [0.15, 0.2) is 48.1 Å². The van der Waals surface area contributed by atoms with Crippen molar-refractivity contribution in [3.63, 3.8) is 0 Å². The number of oxime groups is 1. The quantitative estimate of drug-likeness (QED) is 0.154. The van der Waals surface area contributed by atoms with E-state index in [4.69, 9.17) is 19.3 Å². The lowest BCUT2D eigenvalue weighted by Gasteiger charge is -2.49. The number of esters is 1. The summed E-state index contributed by atoms with van der Waals surface area (Å²) in [5, 5.41) is 15.7. The monoisotopic (exact) mass is 507 g/mol. The number of hydrogen-bond acceptors (Lipinski definition) is 13. The third-order valence-corrected chi connectivity index (χ3v) is 6.95. The summed E-state index contributed by atoms with van der Waals surface area (Å²) in [6, 6.07) is -0.992. The van der Waals surface area contributed by atoms with Crippen molar-refractivity contribution in [3.05, 3.63) is 57.1 Å². The fourth-order valence-corrected chi connectivity index (χ4v) is 5.20. The van der Waals surface area contributed by atoms with Crippen molar-refractivity contribution in [3.8, 4) is 0 Å². The molecule has 13 nitrogen and oxygen atoms in total. The van der Waals surface area contributed by atoms with E-state index in [1.165, 1.54) is 35.0 Å². The van der Waals surface area contributed by atoms with Gasteiger partial charge in [0.25, 0.3) is 11.8 Å². The molecule has 0 radical (unpaired) electrons. The van der Waals surface area contributed by atoms with Crippen molar-refractivity contribution in [2.75, 3.05) is 11.5 Å². The Balaban J connectivity index is 1.48. The second kappa shape index (κ2) is 9.18. The number of β-lactam (4-membered cyclic amide) rings is 1. The van der Waals surface area contributed by atoms with Gasteiger partial charge in [0.15, 0.2) is 29.0 Å². The molecule has 4 rings (SSSR count). The molecule has 0 bridgehead atoms. The van der Waals surface area contributed by atoms with Crippen molar-refractivity contribution in [1.82, 2.24) is 15.2 Å². The minimum atomic E-state index is -0.992. The number of nitrogens with zero attached hydrogens (tertiary/aromatic N) is 3. The Morgan fingerprint density at radius 2 is 2.24 bits per heavy atom. The molecule has 15 heteroatoms. The number of amides is 2. The SMILES string of the molecule is C=CC1=C(C(=O)OCc2oc(=O)oc2C)N2C(=O)C(NC(=O)C(=NO)c3csc(N)n3)[C@@H]2SC1. The maximum atomic E-state index is 12.9. The Kier molecular flexibility index (Phi) is 6.30. The highest BCUT2D eigenvalue weighted by molar-refractivity contribution is 8.00. The number of carbonyl (C=O) groups excluding carboxylic acids is 3. The smallest absolute Gasteiger partial charge is 0.453 e. The van der Waals surface area contributed by atoms with E-state index < -0.39 is 40.7 Å². The molecule has 1 unspecified atom stereocenters. The number of fused-ring (bicyclic) bond motifs is 1. The van der Waals surface area contributed by atoms with Gasteiger partial charge in [-0.15, -0.1) is 23.1 Å². The largest absolute Gasteiger partial charge is 0.519 e. The molecule has 178 valence electrons. The average Bonchev–Trinajstić information content (AvgIpc) is 3.38. The molecule has 0 spiro atoms. The van der Waals surface area contributed by atoms with Gasteiger partial charge in [0.1, 0.15) is 22.8 Å². The van der Waals surface area contributed by atoms with E-state index >= 15 is 0 Å². The number of allylic oxidation sites excluding steroid dienone is 1. The molecule has 1 saturated heterocycles. The topological polar surface area (TPSA) is 191 Å². The van der Waals surface area contributed by atoms with Crippen molar-refractivity contribution in [2.24, 2.45) is 5.16 Å². The standard InChI is InChI=1S/C19H17N5O8S2/c1-3-8-5-33-16-12(22-14(25)11(23-29)9-6-34-18(20)21-9)15(26)24(16)13(8)17(27)30-4-10-7(2)31-19(28)32-10/h3,6,12,16,29H,1,4-5H2,2H3,(H2,20,21)(H,22,25)/t12?,16-/m0/s1. The number of thiazole rings is 1. The molecule has 2 atom stereocenters. The number of aromatic nitrogens is 1. The molecule has 4 N–H and O–H groups in total. The van der Waals surface area contributed by atoms with Gasteiger partial charge in [0, 0.05) is 11.1 Å². The molecule has 0 aromatic carbocycles. The summed E-state index contributed by atoms with van der Waals surface area (Å²) in [4.78, 5) is 54.6. The highest BCUT2D eigenvalue weighted by Crippen LogP contribution is 2.41. The predicted octanol–water partition coefficient (Wildman–Crippen LogP) is 0.342. The van der Waals surface area contributed by atoms with Crippen molar-refractivity contribution >= 4 is 51.7 Å². The van der Waals surface area contributed by atoms with Crippen LogP contribution in [-0.4, -0.2) is 55.8 Å². The summed E-state index contributed by atoms with van der Waals surface area (Å²) in [5.74, 6) is -2.64. The average molecular weight is 508 g/mol. The molecule has 0 aliphatic carbocycles. The van der Waals surface area contributed by atoms with Gasteiger partial charge in [-0.3, -0.25) is 14.5 Å². The number of ether oxygens (including phenoxy) is 1. The maximum Gasteiger partial charge on any atom is 0.519 e. The molecule has 2 aliphatic heterocycles. The third-order valence-electron chi connectivity index (χ3n) is 4.97. The first-order chi connectivity index (χ1) is 16.2. The van der Waals surface area contributed by atoms with Crippen LogP contribution in [0.25, 0.3) is 0 Å². The Bertz CT molecular complexity index is 1310. The zero-order valence-corrected chi connectivity index (χ0v) is 19.1. The first kappa shape index (κ1) is 23.3. The zero-order valence-electron chi connectivity index (χ0n) is 17.5. The molecule has 2 aromatic rings. The number of hydrogen-bond donors (Lipinski definition) is 3. The van der Waals surface area contributed by atoms with E-state index in [1.54, 1.807) is 0 Å². The van der Waals surface area contributed by atoms with E-state index in [1.807, 2.05) is 0 Å². The zero-order chi connectivity index (χ0) is 24.6. The fraction of sp³-hybridized carbons (Fsp3) is 0.263. The summed E-state index contributed by atoms with van der Waals surface area (Å²) in [6.07, 6.45) is 1.44. The summed E-state index contributed by atoms with van der Waals surface area (Å²) in [5.41, 5.74) is 5.64. The Labute approximate surface area is 198 Å². The number of nitrogens with one attached hydrogen (secondary N) is 1. The second-order valence-corrected chi connectivity index (χ2v) is 8.96. The van der Waals surface area contributed by atoms with Gasteiger partial charge in [-0.1, -0.05) is 17.8 Å². The van der Waals surface area contributed by atoms with E-state index in [9.17, 15) is 24.4 Å². The molecule has 4 heterocycles. The van der Waals surface area contributed by atoms with Crippen LogP contribution in [0.2, 0.25) is 0 Å². The second-order valence-electron chi connectivity index (χ2n) is 6.97. The molecular formula is C19H17N5O8S2. The summed E-state index contributed by atoms with van der Waals surface area (Å²) in [6.45, 7) is 4.78. The van der Waals surface area contributed by atoms with Gasteiger partial charge in [0.2, 0.25) is 0 Å². The number of nitrogens with two attached hydrogens (primary N) is 1. The molecule has 2 amide bonds. The maximum absolute atomic E-state index is 12.9. The lowest BCUT2D eigenvalue weighted by molar-refractivity contribution is -0.153. The van der Waals surface area contributed by atoms with Crippen molar-refractivity contribution in [1.29, 1.82) is 0 Å². The lowest BCUT2D eigenvalue weighted by Crippen LogP contribution is -2.71. The Morgan fingerprint density at radius 3 is 2.82 bits per heavy atom. The normalized spacial score (nSPS) is 20.0. The van der Waals surface area contributed by atoms with E-state index in [-0.39, 0.29) is 34.6 Å². The first-order valence-corrected chi connectivity index (χ1v) is 11.5. The van der Waals surface area contributed by atoms with Crippen LogP contribution >= 0.6 is 23.1 Å². The third kappa shape index (κ3) is 4.10. The van der Waals surface area contributed by atoms with Crippen LogP contribution < -0.4 is 16.9 Å². The summed E-state index contributed by atoms with van der Waals surface area (Å²) < 4.78 is 14.8. The van der Waals surface area contributed by atoms with Crippen LogP contribution in [0.3, 0.4) is 0 Å². The Hall–Kier alpha value is -3.85. The number of anilines is 1. The van der Waals surface area contributed by atoms with Gasteiger partial charge in [-0.25, -0.2) is 14.6 Å². The highest BCUT2D eigenvalue weighted by Gasteiger charge is 2.54. The lowest BCUT2D eigenvalue weighted by atomic mass is 10.0. The van der Waals surface area contributed by atoms with Crippen LogP contribution in [0.1, 0.15) is 17.2 Å². The number of aryl methyl sites for hydroxylation is 1. The number of carbonyl (C=O) groups is 3. The number of thioether (sulfide) groups is 1. The Morgan fingerprint density at radius 1 is 1.47 bits per heavy atom. The molecule has 0 saturated carbocycles. The van der Waals surface area contributed by atoms with Crippen molar-refractivity contribution in [2.45, 2.75) is 24.9 Å². The minimum absolute atomic E-state index is 0.0268. The molecular weight excluding hydrogens is 490 g/mol. The van der Waals surface area contributed by atoms with Gasteiger partial charge in [-0.2, -0.15) is 0 Å². The fourth-order valence-electron chi connectivity index (χ4n) is 3.31. The molecule has 34 heavy (non-hydrogen) atoms. The summed E-state index contributed by atoms with van der Waals surface area (Å²) in [7, 11) is 0. The van der Waals surface area contributed by atoms with E-state index in [0.29, 0.717) is 11.3 Å². The first-order valence-electron chi connectivity index (χ1n) is 9.56. The van der Waals surface area contributed by atoms with Crippen LogP contribution in [0, 0.1) is 6.92 Å². The number of nitrogen functional groups attached to an aromatic ring is 1. The van der Waals surface area contributed by atoms with Crippen LogP contribution in [0.5, 0.6) is 0 Å². The molecule has 1 fully saturated rings. The highest BCUT2D eigenvalue weighted by atomic mass is 32.2. The van der Waals surface area contributed by atoms with Gasteiger partial charge >= 0.3 is 11.8 Å². The number of rotatable bonds is 7.